The molecule has 0 saturated heterocycles. The molecule has 4 rings (SSSR count). The average Bonchev–Trinajstić information content (AvgIpc) is 2.76. The summed E-state index contributed by atoms with van der Waals surface area (Å²) >= 11 is 7.33. The molecule has 2 N–H and O–H groups in total. The molecule has 2 aliphatic rings. The number of benzene rings is 2. The van der Waals surface area contributed by atoms with Gasteiger partial charge in [-0.1, -0.05) is 75.2 Å². The predicted octanol–water partition coefficient (Wildman–Crippen LogP) is 6.08. The van der Waals surface area contributed by atoms with Crippen molar-refractivity contribution in [1.82, 2.24) is 4.90 Å². The molecule has 0 aromatic heterocycles. The lowest BCUT2D eigenvalue weighted by Gasteiger charge is -2.38. The zero-order chi connectivity index (χ0) is 22.0. The van der Waals surface area contributed by atoms with Crippen molar-refractivity contribution in [3.63, 3.8) is 0 Å². The van der Waals surface area contributed by atoms with Crippen LogP contribution in [0.4, 0.5) is 0 Å². The third kappa shape index (κ3) is 4.36. The Morgan fingerprint density at radius 3 is 2.52 bits per heavy atom. The molecule has 0 fully saturated rings. The van der Waals surface area contributed by atoms with Gasteiger partial charge in [0, 0.05) is 27.6 Å². The number of nitrogens with zero attached hydrogens (tertiary/aromatic N) is 2. The molecule has 158 valence electrons. The first-order valence-electron chi connectivity index (χ1n) is 10.3. The van der Waals surface area contributed by atoms with Gasteiger partial charge in [-0.05, 0) is 47.9 Å². The highest BCUT2D eigenvalue weighted by Crippen LogP contribution is 2.45. The van der Waals surface area contributed by atoms with Gasteiger partial charge in [0.25, 0.3) is 0 Å². The van der Waals surface area contributed by atoms with Crippen LogP contribution in [0.5, 0.6) is 0 Å². The Balaban J connectivity index is 1.91. The molecule has 2 aromatic carbocycles. The molecular weight excluding hydrogens is 518 g/mol. The summed E-state index contributed by atoms with van der Waals surface area (Å²) in [4.78, 5) is 2.41. The first-order valence-corrected chi connectivity index (χ1v) is 11.8. The highest BCUT2D eigenvalue weighted by molar-refractivity contribution is 9.10. The van der Waals surface area contributed by atoms with Crippen LogP contribution >= 0.6 is 31.9 Å². The van der Waals surface area contributed by atoms with Gasteiger partial charge in [0.2, 0.25) is 5.88 Å². The molecular formula is C25H23Br2N3O. The summed E-state index contributed by atoms with van der Waals surface area (Å²) in [5.41, 5.74) is 11.0. The maximum absolute atomic E-state index is 9.94. The van der Waals surface area contributed by atoms with E-state index in [1.807, 2.05) is 42.5 Å². The number of hydrogen-bond donors (Lipinski definition) is 1. The van der Waals surface area contributed by atoms with Crippen LogP contribution in [0.15, 0.2) is 85.8 Å². The van der Waals surface area contributed by atoms with Gasteiger partial charge < -0.3 is 10.5 Å². The van der Waals surface area contributed by atoms with E-state index in [1.54, 1.807) is 0 Å². The maximum Gasteiger partial charge on any atom is 0.205 e. The highest BCUT2D eigenvalue weighted by Gasteiger charge is 2.38. The standard InChI is InChI=1S/C25H23Br2N3O/c1-2-11-30-14-17(12-16-7-3-5-9-21(16)26)24-20(15-30)23(19(13-28)25(29)31-24)18-8-4-6-10-22(18)27/h3-10,12,23H,2,11,14-15,29H2,1H3/b17-12+. The smallest absolute Gasteiger partial charge is 0.205 e. The number of nitrogens with two attached hydrogens (primary N) is 1. The Hall–Kier alpha value is -2.33. The van der Waals surface area contributed by atoms with E-state index in [2.05, 4.69) is 61.9 Å². The molecule has 1 unspecified atom stereocenters. The molecule has 4 nitrogen and oxygen atoms in total. The van der Waals surface area contributed by atoms with Crippen LogP contribution < -0.4 is 5.73 Å². The zero-order valence-electron chi connectivity index (χ0n) is 17.2. The minimum Gasteiger partial charge on any atom is -0.440 e. The fourth-order valence-corrected chi connectivity index (χ4v) is 5.17. The van der Waals surface area contributed by atoms with Crippen LogP contribution in [-0.4, -0.2) is 24.5 Å². The first-order chi connectivity index (χ1) is 15.0. The van der Waals surface area contributed by atoms with E-state index in [0.717, 1.165) is 63.0 Å². The lowest BCUT2D eigenvalue weighted by atomic mass is 9.80. The molecule has 2 heterocycles. The van der Waals surface area contributed by atoms with E-state index >= 15 is 0 Å². The monoisotopic (exact) mass is 539 g/mol. The van der Waals surface area contributed by atoms with E-state index in [4.69, 9.17) is 10.5 Å². The Morgan fingerprint density at radius 2 is 1.84 bits per heavy atom. The molecule has 31 heavy (non-hydrogen) atoms. The fourth-order valence-electron chi connectivity index (χ4n) is 4.26. The van der Waals surface area contributed by atoms with Gasteiger partial charge in [0.05, 0.1) is 5.92 Å². The van der Waals surface area contributed by atoms with E-state index in [-0.39, 0.29) is 11.8 Å². The van der Waals surface area contributed by atoms with Crippen LogP contribution in [0.25, 0.3) is 6.08 Å². The summed E-state index contributed by atoms with van der Waals surface area (Å²) in [7, 11) is 0. The highest BCUT2D eigenvalue weighted by atomic mass is 79.9. The van der Waals surface area contributed by atoms with Crippen LogP contribution in [0, 0.1) is 11.3 Å². The van der Waals surface area contributed by atoms with Crippen molar-refractivity contribution in [2.24, 2.45) is 5.73 Å². The van der Waals surface area contributed by atoms with Gasteiger partial charge in [-0.3, -0.25) is 4.90 Å². The minimum atomic E-state index is -0.244. The molecule has 1 atom stereocenters. The van der Waals surface area contributed by atoms with Gasteiger partial charge in [-0.25, -0.2) is 0 Å². The molecule has 2 aromatic rings. The Morgan fingerprint density at radius 1 is 1.13 bits per heavy atom. The Kier molecular flexibility index (Phi) is 6.66. The number of nitriles is 1. The lowest BCUT2D eigenvalue weighted by Crippen LogP contribution is -2.38. The third-order valence-corrected chi connectivity index (χ3v) is 7.04. The van der Waals surface area contributed by atoms with Gasteiger partial charge >= 0.3 is 0 Å². The van der Waals surface area contributed by atoms with Crippen molar-refractivity contribution in [2.45, 2.75) is 19.3 Å². The summed E-state index contributed by atoms with van der Waals surface area (Å²) in [6, 6.07) is 18.5. The molecule has 0 bridgehead atoms. The van der Waals surface area contributed by atoms with Crippen molar-refractivity contribution in [2.75, 3.05) is 19.6 Å². The van der Waals surface area contributed by atoms with E-state index in [0.29, 0.717) is 5.57 Å². The molecule has 0 amide bonds. The van der Waals surface area contributed by atoms with Crippen molar-refractivity contribution in [3.8, 4) is 6.07 Å². The summed E-state index contributed by atoms with van der Waals surface area (Å²) < 4.78 is 8.11. The molecule has 0 spiro atoms. The maximum atomic E-state index is 9.94. The van der Waals surface area contributed by atoms with Crippen molar-refractivity contribution in [3.05, 3.63) is 97.0 Å². The van der Waals surface area contributed by atoms with Crippen molar-refractivity contribution in [1.29, 1.82) is 5.26 Å². The molecule has 0 aliphatic carbocycles. The number of rotatable bonds is 4. The van der Waals surface area contributed by atoms with E-state index in [1.165, 1.54) is 0 Å². The van der Waals surface area contributed by atoms with Crippen LogP contribution in [0.3, 0.4) is 0 Å². The van der Waals surface area contributed by atoms with Crippen LogP contribution in [0.2, 0.25) is 0 Å². The predicted molar refractivity (Wildman–Crippen MR) is 131 cm³/mol. The number of ether oxygens (including phenoxy) is 1. The largest absolute Gasteiger partial charge is 0.440 e. The summed E-state index contributed by atoms with van der Waals surface area (Å²) in [6.45, 7) is 4.66. The summed E-state index contributed by atoms with van der Waals surface area (Å²) in [5.74, 6) is 0.732. The Labute approximate surface area is 199 Å². The van der Waals surface area contributed by atoms with Crippen LogP contribution in [0.1, 0.15) is 30.4 Å². The van der Waals surface area contributed by atoms with Crippen molar-refractivity contribution < 1.29 is 4.74 Å². The van der Waals surface area contributed by atoms with Gasteiger partial charge in [0.1, 0.15) is 17.4 Å². The van der Waals surface area contributed by atoms with Gasteiger partial charge in [-0.2, -0.15) is 5.26 Å². The van der Waals surface area contributed by atoms with E-state index < -0.39 is 0 Å². The molecule has 0 radical (unpaired) electrons. The minimum absolute atomic E-state index is 0.184. The SMILES string of the molecule is CCCN1CC2=C(OC(N)=C(C#N)C2c2ccccc2Br)/C(=C/c2ccccc2Br)C1. The lowest BCUT2D eigenvalue weighted by molar-refractivity contribution is 0.234. The second-order valence-electron chi connectivity index (χ2n) is 7.70. The van der Waals surface area contributed by atoms with E-state index in [9.17, 15) is 5.26 Å². The van der Waals surface area contributed by atoms with Gasteiger partial charge in [0.15, 0.2) is 0 Å². The normalized spacial score (nSPS) is 20.5. The number of halogens is 2. The molecule has 6 heteroatoms. The topological polar surface area (TPSA) is 62.3 Å². The molecule has 0 saturated carbocycles. The summed E-state index contributed by atoms with van der Waals surface area (Å²) in [6.07, 6.45) is 3.21. The second-order valence-corrected chi connectivity index (χ2v) is 9.41. The quantitative estimate of drug-likeness (QED) is 0.510. The van der Waals surface area contributed by atoms with Crippen LogP contribution in [-0.2, 0) is 4.74 Å². The Bertz CT molecular complexity index is 1140. The molecule has 2 aliphatic heterocycles. The zero-order valence-corrected chi connectivity index (χ0v) is 20.4. The fraction of sp³-hybridized carbons (Fsp3) is 0.240. The average molecular weight is 541 g/mol. The number of allylic oxidation sites excluding steroid dienone is 1. The first kappa shape index (κ1) is 21.9. The second kappa shape index (κ2) is 9.44. The van der Waals surface area contributed by atoms with Crippen molar-refractivity contribution >= 4 is 37.9 Å². The number of hydrogen-bond acceptors (Lipinski definition) is 4. The third-order valence-electron chi connectivity index (χ3n) is 5.60. The summed E-state index contributed by atoms with van der Waals surface area (Å²) in [5, 5.41) is 9.94. The van der Waals surface area contributed by atoms with Gasteiger partial charge in [-0.15, -0.1) is 0 Å².